The van der Waals surface area contributed by atoms with Gasteiger partial charge in [-0.3, -0.25) is 0 Å². The van der Waals surface area contributed by atoms with Crippen LogP contribution in [0.25, 0.3) is 0 Å². The Kier molecular flexibility index (Phi) is 25.6. The van der Waals surface area contributed by atoms with Crippen molar-refractivity contribution in [1.29, 1.82) is 0 Å². The topological polar surface area (TPSA) is 23.1 Å². The average Bonchev–Trinajstić information content (AvgIpc) is 2.87. The summed E-state index contributed by atoms with van der Waals surface area (Å²) in [6.45, 7) is 0. The van der Waals surface area contributed by atoms with Crippen molar-refractivity contribution in [2.45, 2.75) is 0 Å². The fourth-order valence-corrected chi connectivity index (χ4v) is 0.642. The first-order valence-electron chi connectivity index (χ1n) is 3.74. The fraction of sp³-hybridized carbons (Fsp3) is 0.0909. The van der Waals surface area contributed by atoms with Gasteiger partial charge in [-0.2, -0.15) is 43.5 Å². The first kappa shape index (κ1) is 19.4. The minimum Gasteiger partial charge on any atom is -0.857 e. The Balaban J connectivity index is -0.000000131. The van der Waals surface area contributed by atoms with Crippen LogP contribution >= 0.6 is 0 Å². The molecular weight excluding hydrogens is 211 g/mol. The van der Waals surface area contributed by atoms with Crippen LogP contribution in [0.5, 0.6) is 0 Å². The second kappa shape index (κ2) is 18.5. The van der Waals surface area contributed by atoms with Crippen LogP contribution in [0, 0.1) is 0 Å². The van der Waals surface area contributed by atoms with Gasteiger partial charge in [0.25, 0.3) is 0 Å². The molecule has 0 aliphatic carbocycles. The molecule has 0 radical (unpaired) electrons. The van der Waals surface area contributed by atoms with Gasteiger partial charge < -0.3 is 5.11 Å². The summed E-state index contributed by atoms with van der Waals surface area (Å²) in [4.78, 5) is 0. The van der Waals surface area contributed by atoms with Crippen molar-refractivity contribution in [1.82, 2.24) is 0 Å². The van der Waals surface area contributed by atoms with Gasteiger partial charge in [0.1, 0.15) is 0 Å². The van der Waals surface area contributed by atoms with E-state index in [1.54, 1.807) is 0 Å². The number of hydrogen-bond donors (Lipinski definition) is 0. The van der Waals surface area contributed by atoms with E-state index < -0.39 is 0 Å². The molecule has 2 aromatic rings. The van der Waals surface area contributed by atoms with Crippen molar-refractivity contribution in [2.24, 2.45) is 0 Å². The Bertz CT molecular complexity index is 155. The summed E-state index contributed by atoms with van der Waals surface area (Å²) in [7, 11) is 0.750. The average molecular weight is 224 g/mol. The molecule has 0 heterocycles. The molecule has 0 aliphatic rings. The largest absolute Gasteiger partial charge is 2.00 e. The van der Waals surface area contributed by atoms with E-state index >= 15 is 0 Å². The quantitative estimate of drug-likeness (QED) is 0.406. The monoisotopic (exact) mass is 224 g/mol. The molecule has 1 nitrogen and oxygen atoms in total. The molecule has 0 fully saturated rings. The van der Waals surface area contributed by atoms with Crippen molar-refractivity contribution in [2.75, 3.05) is 7.11 Å². The summed E-state index contributed by atoms with van der Waals surface area (Å²) in [6, 6.07) is 20.0. The van der Waals surface area contributed by atoms with Gasteiger partial charge in [0.15, 0.2) is 0 Å². The second-order valence-electron chi connectivity index (χ2n) is 1.92. The Hall–Kier alpha value is -0.223. The first-order chi connectivity index (χ1) is 6.00. The van der Waals surface area contributed by atoms with Crippen molar-refractivity contribution in [3.63, 3.8) is 0 Å². The van der Waals surface area contributed by atoms with E-state index in [2.05, 4.69) is 0 Å². The van der Waals surface area contributed by atoms with Crippen molar-refractivity contribution in [3.8, 4) is 0 Å². The second-order valence-corrected chi connectivity index (χ2v) is 1.92. The van der Waals surface area contributed by atoms with Gasteiger partial charge in [0, 0.05) is 0 Å². The molecule has 0 atom stereocenters. The molecule has 0 N–H and O–H groups in total. The number of rotatable bonds is 0. The summed E-state index contributed by atoms with van der Waals surface area (Å²) < 4.78 is 0. The minimum atomic E-state index is 0. The van der Waals surface area contributed by atoms with E-state index in [0.717, 1.165) is 7.11 Å². The van der Waals surface area contributed by atoms with Gasteiger partial charge in [-0.1, -0.05) is 0 Å². The SMILES string of the molecule is C[O-].[Fe+2].[Li+].c1cc[cH-]c1.c1cc[cH-]c1. The molecule has 0 aliphatic heterocycles. The van der Waals surface area contributed by atoms with E-state index in [4.69, 9.17) is 5.11 Å². The minimum absolute atomic E-state index is 0. The van der Waals surface area contributed by atoms with Crippen molar-refractivity contribution in [3.05, 3.63) is 60.7 Å². The van der Waals surface area contributed by atoms with Crippen LogP contribution in [0.15, 0.2) is 60.7 Å². The zero-order valence-corrected chi connectivity index (χ0v) is 9.64. The van der Waals surface area contributed by atoms with Crippen LogP contribution in [0.2, 0.25) is 0 Å². The predicted molar refractivity (Wildman–Crippen MR) is 50.0 cm³/mol. The van der Waals surface area contributed by atoms with Crippen molar-refractivity contribution >= 4 is 0 Å². The molecule has 0 unspecified atom stereocenters. The van der Waals surface area contributed by atoms with Gasteiger partial charge in [-0.05, 0) is 0 Å². The van der Waals surface area contributed by atoms with Gasteiger partial charge in [-0.15, -0.1) is 0 Å². The summed E-state index contributed by atoms with van der Waals surface area (Å²) in [5, 5.41) is 8.25. The first-order valence-corrected chi connectivity index (χ1v) is 3.74. The molecule has 72 valence electrons. The third-order valence-corrected chi connectivity index (χ3v) is 1.11. The Morgan fingerprint density at radius 2 is 0.929 bits per heavy atom. The van der Waals surface area contributed by atoms with E-state index in [1.165, 1.54) is 0 Å². The van der Waals surface area contributed by atoms with Gasteiger partial charge in [0.05, 0.1) is 0 Å². The molecule has 0 aromatic heterocycles. The van der Waals surface area contributed by atoms with Crippen LogP contribution in [0.1, 0.15) is 0 Å². The summed E-state index contributed by atoms with van der Waals surface area (Å²) in [5.41, 5.74) is 0. The molecule has 0 spiro atoms. The van der Waals surface area contributed by atoms with Crippen LogP contribution in [-0.2, 0) is 17.1 Å². The van der Waals surface area contributed by atoms with Gasteiger partial charge >= 0.3 is 35.9 Å². The van der Waals surface area contributed by atoms with E-state index in [0.29, 0.717) is 0 Å². The molecule has 0 saturated carbocycles. The molecular formula is C11H13FeLiO. The van der Waals surface area contributed by atoms with Gasteiger partial charge in [-0.25, -0.2) is 24.3 Å². The maximum absolute atomic E-state index is 8.25. The maximum Gasteiger partial charge on any atom is 2.00 e. The molecule has 2 rings (SSSR count). The maximum atomic E-state index is 8.25. The molecule has 0 saturated heterocycles. The summed E-state index contributed by atoms with van der Waals surface area (Å²) in [5.74, 6) is 0. The number of hydrogen-bond acceptors (Lipinski definition) is 1. The Morgan fingerprint density at radius 1 is 0.714 bits per heavy atom. The van der Waals surface area contributed by atoms with Crippen molar-refractivity contribution < 1.29 is 41.0 Å². The molecule has 0 bridgehead atoms. The third kappa shape index (κ3) is 14.3. The van der Waals surface area contributed by atoms with E-state index in [9.17, 15) is 0 Å². The Morgan fingerprint density at radius 3 is 1.00 bits per heavy atom. The summed E-state index contributed by atoms with van der Waals surface area (Å²) in [6.07, 6.45) is 0. The fourth-order valence-electron chi connectivity index (χ4n) is 0.642. The Labute approximate surface area is 109 Å². The molecule has 2 aromatic carbocycles. The third-order valence-electron chi connectivity index (χ3n) is 1.11. The zero-order valence-electron chi connectivity index (χ0n) is 8.54. The van der Waals surface area contributed by atoms with E-state index in [1.807, 2.05) is 60.7 Å². The van der Waals surface area contributed by atoms with Gasteiger partial charge in [0.2, 0.25) is 0 Å². The molecule has 3 heteroatoms. The van der Waals surface area contributed by atoms with Crippen LogP contribution < -0.4 is 24.0 Å². The predicted octanol–water partition coefficient (Wildman–Crippen LogP) is -1.21. The zero-order chi connectivity index (χ0) is 9.07. The molecule has 14 heavy (non-hydrogen) atoms. The van der Waals surface area contributed by atoms with Crippen LogP contribution in [0.3, 0.4) is 0 Å². The normalized spacial score (nSPS) is 6.14. The smallest absolute Gasteiger partial charge is 0.857 e. The standard InChI is InChI=1S/2C5H5.CH3O.Fe.Li/c2*1-2-4-5-3-1;1-2;;/h2*1-5H;1H3;;/q3*-1;+2;+1. The summed E-state index contributed by atoms with van der Waals surface area (Å²) >= 11 is 0. The van der Waals surface area contributed by atoms with E-state index in [-0.39, 0.29) is 35.9 Å². The molecule has 0 amide bonds. The van der Waals surface area contributed by atoms with Crippen LogP contribution in [-0.4, -0.2) is 7.11 Å². The van der Waals surface area contributed by atoms with Crippen LogP contribution in [0.4, 0.5) is 0 Å².